The van der Waals surface area contributed by atoms with Crippen LogP contribution >= 0.6 is 11.5 Å². The molecule has 0 aromatic carbocycles. The maximum atomic E-state index is 12.3. The summed E-state index contributed by atoms with van der Waals surface area (Å²) in [5.41, 5.74) is -5.50. The van der Waals surface area contributed by atoms with Gasteiger partial charge in [0.15, 0.2) is 0 Å². The molecule has 0 amide bonds. The first-order chi connectivity index (χ1) is 12.5. The van der Waals surface area contributed by atoms with Crippen molar-refractivity contribution in [1.82, 2.24) is 4.37 Å². The van der Waals surface area contributed by atoms with Gasteiger partial charge >= 0.3 is 21.6 Å². The molecule has 1 aliphatic carbocycles. The van der Waals surface area contributed by atoms with Crippen molar-refractivity contribution in [2.75, 3.05) is 0 Å². The summed E-state index contributed by atoms with van der Waals surface area (Å²) in [6.45, 7) is 3.61. The summed E-state index contributed by atoms with van der Waals surface area (Å²) in [5, 5.41) is 0. The molecule has 2 rings (SSSR count). The minimum absolute atomic E-state index is 0.00773. The van der Waals surface area contributed by atoms with Crippen molar-refractivity contribution in [2.45, 2.75) is 51.3 Å². The zero-order valence-electron chi connectivity index (χ0n) is 14.5. The Kier molecular flexibility index (Phi) is 6.73. The van der Waals surface area contributed by atoms with E-state index in [1.54, 1.807) is 13.0 Å². The maximum Gasteiger partial charge on any atom is 0.534 e. The van der Waals surface area contributed by atoms with Crippen LogP contribution in [0.4, 0.5) is 13.2 Å². The van der Waals surface area contributed by atoms with Crippen molar-refractivity contribution < 1.29 is 40.0 Å². The first kappa shape index (κ1) is 21.5. The molecule has 2 unspecified atom stereocenters. The first-order valence-electron chi connectivity index (χ1n) is 8.02. The molecule has 0 saturated carbocycles. The molecule has 0 aliphatic heterocycles. The molecule has 12 heteroatoms. The number of allylic oxidation sites excluding steroid dienone is 2. The summed E-state index contributed by atoms with van der Waals surface area (Å²) in [6, 6.07) is 1.70. The molecule has 2 atom stereocenters. The van der Waals surface area contributed by atoms with Crippen LogP contribution in [0.1, 0.15) is 37.5 Å². The van der Waals surface area contributed by atoms with Gasteiger partial charge in [0.25, 0.3) is 0 Å². The van der Waals surface area contributed by atoms with E-state index in [1.165, 1.54) is 11.5 Å². The lowest BCUT2D eigenvalue weighted by Crippen LogP contribution is -2.30. The highest BCUT2D eigenvalue weighted by Gasteiger charge is 2.49. The molecule has 0 saturated heterocycles. The molecule has 7 nitrogen and oxygen atoms in total. The monoisotopic (exact) mass is 429 g/mol. The van der Waals surface area contributed by atoms with Gasteiger partial charge in [-0.15, -0.1) is 0 Å². The number of nitrogens with zero attached hydrogens (tertiary/aromatic N) is 1. The van der Waals surface area contributed by atoms with Crippen molar-refractivity contribution in [3.05, 3.63) is 22.8 Å². The highest BCUT2D eigenvalue weighted by Crippen LogP contribution is 2.32. The van der Waals surface area contributed by atoms with Crippen LogP contribution in [0.2, 0.25) is 0 Å². The van der Waals surface area contributed by atoms with Crippen LogP contribution in [0.5, 0.6) is 5.88 Å². The second kappa shape index (κ2) is 8.46. The fraction of sp³-hybridized carbons (Fsp3) is 0.600. The third-order valence-corrected chi connectivity index (χ3v) is 5.32. The largest absolute Gasteiger partial charge is 0.534 e. The maximum absolute atomic E-state index is 12.3. The average molecular weight is 429 g/mol. The van der Waals surface area contributed by atoms with Gasteiger partial charge in [0.2, 0.25) is 12.2 Å². The lowest BCUT2D eigenvalue weighted by atomic mass is 9.93. The van der Waals surface area contributed by atoms with Crippen LogP contribution in [0.25, 0.3) is 0 Å². The number of carbonyl (C=O) groups excluding carboxylic acids is 1. The van der Waals surface area contributed by atoms with Gasteiger partial charge in [0.05, 0.1) is 5.92 Å². The van der Waals surface area contributed by atoms with Gasteiger partial charge in [-0.2, -0.15) is 26.0 Å². The molecule has 1 heterocycles. The minimum Gasteiger partial charge on any atom is -0.437 e. The van der Waals surface area contributed by atoms with Crippen molar-refractivity contribution in [3.8, 4) is 5.88 Å². The Morgan fingerprint density at radius 3 is 2.63 bits per heavy atom. The molecule has 152 valence electrons. The van der Waals surface area contributed by atoms with E-state index in [-0.39, 0.29) is 25.0 Å². The number of aromatic nitrogens is 1. The highest BCUT2D eigenvalue weighted by atomic mass is 32.2. The molecular weight excluding hydrogens is 411 g/mol. The van der Waals surface area contributed by atoms with Gasteiger partial charge in [-0.05, 0) is 37.4 Å². The summed E-state index contributed by atoms with van der Waals surface area (Å²) in [7, 11) is -5.70. The number of ether oxygens (including phenoxy) is 2. The Labute approximate surface area is 158 Å². The predicted molar refractivity (Wildman–Crippen MR) is 89.1 cm³/mol. The van der Waals surface area contributed by atoms with Crippen LogP contribution in [-0.4, -0.2) is 30.6 Å². The number of aryl methyl sites for hydroxylation is 1. The van der Waals surface area contributed by atoms with Gasteiger partial charge in [-0.25, -0.2) is 0 Å². The Morgan fingerprint density at radius 1 is 1.44 bits per heavy atom. The van der Waals surface area contributed by atoms with Crippen LogP contribution < -0.4 is 4.74 Å². The van der Waals surface area contributed by atoms with Crippen LogP contribution in [0, 0.1) is 12.8 Å². The molecule has 1 aromatic rings. The topological polar surface area (TPSA) is 91.8 Å². The number of alkyl halides is 3. The third-order valence-electron chi connectivity index (χ3n) is 3.64. The smallest absolute Gasteiger partial charge is 0.437 e. The Bertz CT molecular complexity index is 803. The summed E-state index contributed by atoms with van der Waals surface area (Å²) < 4.78 is 77.8. The van der Waals surface area contributed by atoms with Crippen molar-refractivity contribution >= 4 is 27.6 Å². The van der Waals surface area contributed by atoms with E-state index in [0.717, 1.165) is 11.0 Å². The van der Waals surface area contributed by atoms with E-state index < -0.39 is 33.8 Å². The van der Waals surface area contributed by atoms with Gasteiger partial charge in [-0.1, -0.05) is 6.92 Å². The highest BCUT2D eigenvalue weighted by molar-refractivity contribution is 7.87. The third kappa shape index (κ3) is 5.83. The molecule has 27 heavy (non-hydrogen) atoms. The summed E-state index contributed by atoms with van der Waals surface area (Å²) in [4.78, 5) is 13.2. The van der Waals surface area contributed by atoms with Gasteiger partial charge in [0, 0.05) is 23.8 Å². The zero-order chi connectivity index (χ0) is 20.2. The van der Waals surface area contributed by atoms with E-state index in [2.05, 4.69) is 8.56 Å². The number of halogens is 3. The molecule has 1 aliphatic rings. The number of hydrogen-bond acceptors (Lipinski definition) is 8. The molecule has 1 aromatic heterocycles. The van der Waals surface area contributed by atoms with E-state index in [9.17, 15) is 26.4 Å². The lowest BCUT2D eigenvalue weighted by Gasteiger charge is -2.23. The molecule has 0 N–H and O–H groups in total. The SMILES string of the molecule is CCC(OC(=O)C1CC=C(OS(=O)(=O)C(F)(F)F)CC1)Oc1cc(C)sn1. The summed E-state index contributed by atoms with van der Waals surface area (Å²) in [6.07, 6.45) is 0.676. The molecule has 0 bridgehead atoms. The van der Waals surface area contributed by atoms with Crippen LogP contribution in [0.15, 0.2) is 17.9 Å². The Morgan fingerprint density at radius 2 is 2.15 bits per heavy atom. The number of hydrogen-bond donors (Lipinski definition) is 0. The molecule has 0 radical (unpaired) electrons. The Hall–Kier alpha value is -1.82. The standard InChI is InChI=1S/C15H18F3NO6S2/c1-3-13(23-12-8-9(2)26-19-12)24-14(20)10-4-6-11(7-5-10)25-27(21,22)15(16,17)18/h6,8,10,13H,3-5,7H2,1-2H3. The van der Waals surface area contributed by atoms with Gasteiger partial charge < -0.3 is 13.7 Å². The van der Waals surface area contributed by atoms with Crippen molar-refractivity contribution in [2.24, 2.45) is 5.92 Å². The van der Waals surface area contributed by atoms with E-state index >= 15 is 0 Å². The van der Waals surface area contributed by atoms with E-state index in [4.69, 9.17) is 9.47 Å². The first-order valence-corrected chi connectivity index (χ1v) is 10.2. The fourth-order valence-electron chi connectivity index (χ4n) is 2.24. The normalized spacial score (nSPS) is 19.1. The lowest BCUT2D eigenvalue weighted by molar-refractivity contribution is -0.169. The number of rotatable bonds is 7. The Balaban J connectivity index is 1.90. The van der Waals surface area contributed by atoms with Gasteiger partial charge in [-0.3, -0.25) is 4.79 Å². The molecular formula is C15H18F3NO6S2. The second-order valence-electron chi connectivity index (χ2n) is 5.79. The fourth-order valence-corrected chi connectivity index (χ4v) is 3.25. The predicted octanol–water partition coefficient (Wildman–Crippen LogP) is 3.66. The number of carbonyl (C=O) groups is 1. The van der Waals surface area contributed by atoms with Crippen LogP contribution in [-0.2, 0) is 23.8 Å². The number of esters is 1. The minimum atomic E-state index is -5.70. The van der Waals surface area contributed by atoms with E-state index in [0.29, 0.717) is 12.3 Å². The summed E-state index contributed by atoms with van der Waals surface area (Å²) in [5.74, 6) is -1.20. The van der Waals surface area contributed by atoms with E-state index in [1.807, 2.05) is 6.92 Å². The van der Waals surface area contributed by atoms with Crippen molar-refractivity contribution in [1.29, 1.82) is 0 Å². The quantitative estimate of drug-likeness (QED) is 0.283. The average Bonchev–Trinajstić information content (AvgIpc) is 2.98. The molecule has 0 spiro atoms. The van der Waals surface area contributed by atoms with Gasteiger partial charge in [0.1, 0.15) is 5.76 Å². The molecule has 0 fully saturated rings. The van der Waals surface area contributed by atoms with Crippen molar-refractivity contribution in [3.63, 3.8) is 0 Å². The van der Waals surface area contributed by atoms with Crippen LogP contribution in [0.3, 0.4) is 0 Å². The zero-order valence-corrected chi connectivity index (χ0v) is 16.1. The second-order valence-corrected chi connectivity index (χ2v) is 8.34. The summed E-state index contributed by atoms with van der Waals surface area (Å²) >= 11 is 1.24.